The fourth-order valence-electron chi connectivity index (χ4n) is 2.82. The normalized spacial score (nSPS) is 14.6. The maximum absolute atomic E-state index is 13.8. The number of sulfonamides is 1. The van der Waals surface area contributed by atoms with E-state index in [1.54, 1.807) is 29.2 Å². The van der Waals surface area contributed by atoms with Gasteiger partial charge in [-0.3, -0.25) is 4.79 Å². The topological polar surface area (TPSA) is 66.5 Å². The van der Waals surface area contributed by atoms with Crippen LogP contribution in [0.3, 0.4) is 0 Å². The van der Waals surface area contributed by atoms with Crippen LogP contribution in [0.15, 0.2) is 47.4 Å². The Balaban J connectivity index is 1.66. The molecule has 138 valence electrons. The molecule has 26 heavy (non-hydrogen) atoms. The molecule has 0 atom stereocenters. The van der Waals surface area contributed by atoms with Crippen molar-refractivity contribution >= 4 is 27.5 Å². The zero-order chi connectivity index (χ0) is 18.7. The third-order valence-corrected chi connectivity index (χ3v) is 5.91. The van der Waals surface area contributed by atoms with Crippen molar-refractivity contribution in [2.75, 3.05) is 13.1 Å². The van der Waals surface area contributed by atoms with E-state index in [9.17, 15) is 17.6 Å². The summed E-state index contributed by atoms with van der Waals surface area (Å²) in [6.45, 7) is 1.53. The molecule has 5 nitrogen and oxygen atoms in total. The van der Waals surface area contributed by atoms with Crippen LogP contribution in [0.25, 0.3) is 0 Å². The highest BCUT2D eigenvalue weighted by Gasteiger charge is 2.20. The molecule has 0 aliphatic carbocycles. The molecule has 1 aliphatic heterocycles. The zero-order valence-corrected chi connectivity index (χ0v) is 15.5. The Kier molecular flexibility index (Phi) is 5.60. The molecule has 0 bridgehead atoms. The van der Waals surface area contributed by atoms with Crippen molar-refractivity contribution in [1.29, 1.82) is 0 Å². The number of benzene rings is 2. The van der Waals surface area contributed by atoms with Crippen molar-refractivity contribution in [3.63, 3.8) is 0 Å². The van der Waals surface area contributed by atoms with Gasteiger partial charge in [0.25, 0.3) is 5.91 Å². The minimum absolute atomic E-state index is 0.0113. The SMILES string of the molecule is O=C(c1ccc(CNS(=O)(=O)c2ccc(Cl)cc2F)cc1)N1CCCC1. The lowest BCUT2D eigenvalue weighted by atomic mass is 10.1. The van der Waals surface area contributed by atoms with Crippen molar-refractivity contribution in [2.45, 2.75) is 24.3 Å². The predicted octanol–water partition coefficient (Wildman–Crippen LogP) is 3.19. The molecule has 0 saturated carbocycles. The Morgan fingerprint density at radius 2 is 1.77 bits per heavy atom. The van der Waals surface area contributed by atoms with E-state index in [2.05, 4.69) is 4.72 Å². The third kappa shape index (κ3) is 4.23. The zero-order valence-electron chi connectivity index (χ0n) is 13.9. The van der Waals surface area contributed by atoms with Crippen LogP contribution in [0, 0.1) is 5.82 Å². The maximum atomic E-state index is 13.8. The Morgan fingerprint density at radius 1 is 1.12 bits per heavy atom. The molecule has 8 heteroatoms. The molecule has 1 N–H and O–H groups in total. The lowest BCUT2D eigenvalue weighted by Gasteiger charge is -2.15. The van der Waals surface area contributed by atoms with Crippen LogP contribution in [0.5, 0.6) is 0 Å². The molecule has 0 radical (unpaired) electrons. The number of carbonyl (C=O) groups excluding carboxylic acids is 1. The molecule has 1 aliphatic rings. The molecule has 0 spiro atoms. The van der Waals surface area contributed by atoms with E-state index in [1.807, 2.05) is 0 Å². The van der Waals surface area contributed by atoms with Crippen LogP contribution < -0.4 is 4.72 Å². The summed E-state index contributed by atoms with van der Waals surface area (Å²) in [4.78, 5) is 13.6. The van der Waals surface area contributed by atoms with Gasteiger partial charge in [0.15, 0.2) is 0 Å². The molecule has 1 amide bonds. The molecule has 3 rings (SSSR count). The molecule has 1 fully saturated rings. The first-order valence-electron chi connectivity index (χ1n) is 8.20. The first-order chi connectivity index (χ1) is 12.4. The van der Waals surface area contributed by atoms with Crippen molar-refractivity contribution in [1.82, 2.24) is 9.62 Å². The van der Waals surface area contributed by atoms with E-state index in [1.165, 1.54) is 6.07 Å². The molecule has 2 aromatic rings. The van der Waals surface area contributed by atoms with Gasteiger partial charge >= 0.3 is 0 Å². The standard InChI is InChI=1S/C18H18ClFN2O3S/c19-15-7-8-17(16(20)11-15)26(24,25)21-12-13-3-5-14(6-4-13)18(23)22-9-1-2-10-22/h3-8,11,21H,1-2,9-10,12H2. The summed E-state index contributed by atoms with van der Waals surface area (Å²) in [5, 5.41) is 0.125. The predicted molar refractivity (Wildman–Crippen MR) is 97.0 cm³/mol. The lowest BCUT2D eigenvalue weighted by molar-refractivity contribution is 0.0793. The number of nitrogens with one attached hydrogen (secondary N) is 1. The number of likely N-dealkylation sites (tertiary alicyclic amines) is 1. The number of amides is 1. The fourth-order valence-corrected chi connectivity index (χ4v) is 4.05. The molecule has 0 unspecified atom stereocenters. The number of carbonyl (C=O) groups is 1. The summed E-state index contributed by atoms with van der Waals surface area (Å²) in [7, 11) is -4.00. The first-order valence-corrected chi connectivity index (χ1v) is 10.1. The first kappa shape index (κ1) is 18.8. The van der Waals surface area contributed by atoms with Crippen LogP contribution in [-0.4, -0.2) is 32.3 Å². The largest absolute Gasteiger partial charge is 0.339 e. The van der Waals surface area contributed by atoms with Gasteiger partial charge in [0, 0.05) is 30.2 Å². The van der Waals surface area contributed by atoms with Gasteiger partial charge in [-0.2, -0.15) is 0 Å². The number of halogens is 2. The van der Waals surface area contributed by atoms with E-state index in [-0.39, 0.29) is 17.5 Å². The van der Waals surface area contributed by atoms with Gasteiger partial charge in [0.05, 0.1) is 0 Å². The van der Waals surface area contributed by atoms with Gasteiger partial charge in [-0.05, 0) is 48.7 Å². The minimum atomic E-state index is -4.00. The number of hydrogen-bond acceptors (Lipinski definition) is 3. The Hall–Kier alpha value is -1.96. The van der Waals surface area contributed by atoms with Crippen LogP contribution in [0.2, 0.25) is 5.02 Å². The van der Waals surface area contributed by atoms with Gasteiger partial charge in [-0.1, -0.05) is 23.7 Å². The number of rotatable bonds is 5. The monoisotopic (exact) mass is 396 g/mol. The smallest absolute Gasteiger partial charge is 0.253 e. The van der Waals surface area contributed by atoms with E-state index in [0.717, 1.165) is 38.1 Å². The van der Waals surface area contributed by atoms with Crippen LogP contribution >= 0.6 is 11.6 Å². The average molecular weight is 397 g/mol. The molecular formula is C18H18ClFN2O3S. The lowest BCUT2D eigenvalue weighted by Crippen LogP contribution is -2.27. The Bertz CT molecular complexity index is 911. The second-order valence-corrected chi connectivity index (χ2v) is 8.27. The van der Waals surface area contributed by atoms with Crippen molar-refractivity contribution in [3.05, 3.63) is 64.4 Å². The van der Waals surface area contributed by atoms with Gasteiger partial charge in [-0.25, -0.2) is 17.5 Å². The summed E-state index contributed by atoms with van der Waals surface area (Å²) < 4.78 is 40.6. The molecular weight excluding hydrogens is 379 g/mol. The summed E-state index contributed by atoms with van der Waals surface area (Å²) in [6.07, 6.45) is 2.04. The summed E-state index contributed by atoms with van der Waals surface area (Å²) in [5.74, 6) is -0.922. The third-order valence-electron chi connectivity index (χ3n) is 4.24. The average Bonchev–Trinajstić information content (AvgIpc) is 3.14. The Morgan fingerprint density at radius 3 is 2.38 bits per heavy atom. The molecule has 2 aromatic carbocycles. The minimum Gasteiger partial charge on any atom is -0.339 e. The van der Waals surface area contributed by atoms with Crippen molar-refractivity contribution in [2.24, 2.45) is 0 Å². The van der Waals surface area contributed by atoms with E-state index < -0.39 is 20.7 Å². The maximum Gasteiger partial charge on any atom is 0.253 e. The molecule has 1 heterocycles. The highest BCUT2D eigenvalue weighted by atomic mass is 35.5. The highest BCUT2D eigenvalue weighted by Crippen LogP contribution is 2.19. The van der Waals surface area contributed by atoms with Crippen LogP contribution in [-0.2, 0) is 16.6 Å². The molecule has 1 saturated heterocycles. The van der Waals surface area contributed by atoms with Gasteiger partial charge in [0.1, 0.15) is 10.7 Å². The van der Waals surface area contributed by atoms with Gasteiger partial charge in [-0.15, -0.1) is 0 Å². The second kappa shape index (κ2) is 7.73. The summed E-state index contributed by atoms with van der Waals surface area (Å²) >= 11 is 5.64. The highest BCUT2D eigenvalue weighted by molar-refractivity contribution is 7.89. The summed E-state index contributed by atoms with van der Waals surface area (Å²) in [5.41, 5.74) is 1.24. The molecule has 0 aromatic heterocycles. The number of hydrogen-bond donors (Lipinski definition) is 1. The summed E-state index contributed by atoms with van der Waals surface area (Å²) in [6, 6.07) is 10.1. The number of nitrogens with zero attached hydrogens (tertiary/aromatic N) is 1. The van der Waals surface area contributed by atoms with Crippen molar-refractivity contribution in [3.8, 4) is 0 Å². The van der Waals surface area contributed by atoms with Crippen LogP contribution in [0.1, 0.15) is 28.8 Å². The van der Waals surface area contributed by atoms with E-state index in [4.69, 9.17) is 11.6 Å². The quantitative estimate of drug-likeness (QED) is 0.844. The van der Waals surface area contributed by atoms with Gasteiger partial charge < -0.3 is 4.90 Å². The second-order valence-electron chi connectivity index (χ2n) is 6.10. The van der Waals surface area contributed by atoms with Crippen molar-refractivity contribution < 1.29 is 17.6 Å². The van der Waals surface area contributed by atoms with E-state index >= 15 is 0 Å². The van der Waals surface area contributed by atoms with E-state index in [0.29, 0.717) is 11.1 Å². The van der Waals surface area contributed by atoms with Crippen LogP contribution in [0.4, 0.5) is 4.39 Å². The fraction of sp³-hybridized carbons (Fsp3) is 0.278. The Labute approximate surface area is 156 Å². The van der Waals surface area contributed by atoms with Gasteiger partial charge in [0.2, 0.25) is 10.0 Å².